The van der Waals surface area contributed by atoms with Gasteiger partial charge in [-0.2, -0.15) is 0 Å². The van der Waals surface area contributed by atoms with Crippen LogP contribution in [0, 0.1) is 0 Å². The molecule has 3 aromatic rings. The molecule has 1 aromatic heterocycles. The Labute approximate surface area is 194 Å². The lowest BCUT2D eigenvalue weighted by molar-refractivity contribution is -0.147. The first-order chi connectivity index (χ1) is 16.0. The summed E-state index contributed by atoms with van der Waals surface area (Å²) in [6.45, 7) is 2.65. The zero-order valence-corrected chi connectivity index (χ0v) is 18.9. The fraction of sp³-hybridized carbons (Fsp3) is 0.222. The van der Waals surface area contributed by atoms with E-state index in [0.29, 0.717) is 18.9 Å². The van der Waals surface area contributed by atoms with Gasteiger partial charge in [0.2, 0.25) is 0 Å². The highest BCUT2D eigenvalue weighted by molar-refractivity contribution is 5.89. The molecule has 0 fully saturated rings. The third kappa shape index (κ3) is 7.92. The van der Waals surface area contributed by atoms with Crippen molar-refractivity contribution in [3.8, 4) is 5.75 Å². The Bertz CT molecular complexity index is 1060. The predicted molar refractivity (Wildman–Crippen MR) is 127 cm³/mol. The van der Waals surface area contributed by atoms with E-state index in [9.17, 15) is 9.59 Å². The fourth-order valence-corrected chi connectivity index (χ4v) is 3.01. The molecule has 2 aromatic carbocycles. The second-order valence-corrected chi connectivity index (χ2v) is 7.54. The molecule has 6 heteroatoms. The van der Waals surface area contributed by atoms with Crippen LogP contribution in [-0.2, 0) is 33.9 Å². The van der Waals surface area contributed by atoms with Gasteiger partial charge in [0.05, 0.1) is 5.69 Å². The van der Waals surface area contributed by atoms with E-state index in [1.54, 1.807) is 24.2 Å². The lowest BCUT2D eigenvalue weighted by Gasteiger charge is -2.17. The third-order valence-electron chi connectivity index (χ3n) is 5.02. The number of carbonyl (C=O) groups excluding carboxylic acids is 2. The number of hydrogen-bond donors (Lipinski definition) is 0. The summed E-state index contributed by atoms with van der Waals surface area (Å²) < 4.78 is 10.8. The second kappa shape index (κ2) is 12.2. The number of pyridine rings is 1. The number of rotatable bonds is 10. The van der Waals surface area contributed by atoms with Crippen molar-refractivity contribution in [2.24, 2.45) is 0 Å². The first kappa shape index (κ1) is 23.7. The van der Waals surface area contributed by atoms with Gasteiger partial charge in [-0.25, -0.2) is 4.79 Å². The lowest BCUT2D eigenvalue weighted by Crippen LogP contribution is -2.30. The number of ether oxygens (including phenoxy) is 2. The second-order valence-electron chi connectivity index (χ2n) is 7.54. The van der Waals surface area contributed by atoms with Gasteiger partial charge in [-0.15, -0.1) is 0 Å². The zero-order chi connectivity index (χ0) is 23.5. The predicted octanol–water partition coefficient (Wildman–Crippen LogP) is 4.44. The Morgan fingerprint density at radius 3 is 2.36 bits per heavy atom. The molecule has 0 N–H and O–H groups in total. The lowest BCUT2D eigenvalue weighted by atomic mass is 10.1. The molecule has 1 amide bonds. The van der Waals surface area contributed by atoms with Gasteiger partial charge < -0.3 is 14.4 Å². The Morgan fingerprint density at radius 2 is 1.70 bits per heavy atom. The smallest absolute Gasteiger partial charge is 0.331 e. The van der Waals surface area contributed by atoms with Crippen molar-refractivity contribution in [1.82, 2.24) is 9.88 Å². The Hall–Kier alpha value is -3.93. The van der Waals surface area contributed by atoms with Crippen molar-refractivity contribution < 1.29 is 19.1 Å². The van der Waals surface area contributed by atoms with E-state index in [-0.39, 0.29) is 12.5 Å². The van der Waals surface area contributed by atoms with Crippen LogP contribution < -0.4 is 4.74 Å². The number of amides is 1. The Morgan fingerprint density at radius 1 is 0.970 bits per heavy atom. The topological polar surface area (TPSA) is 68.7 Å². The summed E-state index contributed by atoms with van der Waals surface area (Å²) in [5.41, 5.74) is 3.94. The van der Waals surface area contributed by atoms with Gasteiger partial charge in [-0.1, -0.05) is 49.4 Å². The van der Waals surface area contributed by atoms with Gasteiger partial charge in [0.25, 0.3) is 5.91 Å². The molecular formula is C27H28N2O4. The molecule has 0 bridgehead atoms. The van der Waals surface area contributed by atoms with Gasteiger partial charge in [0.15, 0.2) is 6.61 Å². The van der Waals surface area contributed by atoms with Crippen molar-refractivity contribution in [1.29, 1.82) is 0 Å². The number of benzene rings is 2. The standard InChI is InChI=1S/C27H28N2O4/c1-3-21-7-9-23(10-8-21)18-29(2)26(30)20-33-27(31)16-13-22-11-14-25(15-12-22)32-19-24-6-4-5-17-28-24/h4-17H,3,18-20H2,1-2H3/b16-13+. The molecule has 3 rings (SSSR count). The van der Waals surface area contributed by atoms with Gasteiger partial charge in [0.1, 0.15) is 12.4 Å². The highest BCUT2D eigenvalue weighted by Gasteiger charge is 2.11. The molecule has 0 saturated heterocycles. The largest absolute Gasteiger partial charge is 0.487 e. The summed E-state index contributed by atoms with van der Waals surface area (Å²) in [5, 5.41) is 0. The van der Waals surface area contributed by atoms with Crippen LogP contribution in [0.25, 0.3) is 6.08 Å². The molecule has 0 saturated carbocycles. The number of aryl methyl sites for hydroxylation is 1. The van der Waals surface area contributed by atoms with Crippen LogP contribution in [0.4, 0.5) is 0 Å². The van der Waals surface area contributed by atoms with Gasteiger partial charge in [0, 0.05) is 25.9 Å². The van der Waals surface area contributed by atoms with Gasteiger partial charge in [-0.05, 0) is 53.5 Å². The van der Waals surface area contributed by atoms with Gasteiger partial charge in [-0.3, -0.25) is 9.78 Å². The van der Waals surface area contributed by atoms with Crippen LogP contribution in [-0.4, -0.2) is 35.4 Å². The molecule has 0 aliphatic rings. The zero-order valence-electron chi connectivity index (χ0n) is 18.9. The molecule has 6 nitrogen and oxygen atoms in total. The van der Waals surface area contributed by atoms with E-state index >= 15 is 0 Å². The molecule has 0 aliphatic heterocycles. The number of hydrogen-bond acceptors (Lipinski definition) is 5. The average Bonchev–Trinajstić information content (AvgIpc) is 2.86. The first-order valence-electron chi connectivity index (χ1n) is 10.8. The number of carbonyl (C=O) groups is 2. The Kier molecular flexibility index (Phi) is 8.77. The van der Waals surface area contributed by atoms with E-state index in [0.717, 1.165) is 23.2 Å². The van der Waals surface area contributed by atoms with Crippen LogP contribution in [0.15, 0.2) is 79.0 Å². The van der Waals surface area contributed by atoms with Crippen LogP contribution in [0.5, 0.6) is 5.75 Å². The number of aromatic nitrogens is 1. The minimum absolute atomic E-state index is 0.259. The monoisotopic (exact) mass is 444 g/mol. The SMILES string of the molecule is CCc1ccc(CN(C)C(=O)COC(=O)/C=C/c2ccc(OCc3ccccn3)cc2)cc1. The maximum atomic E-state index is 12.3. The highest BCUT2D eigenvalue weighted by Crippen LogP contribution is 2.15. The number of nitrogens with zero attached hydrogens (tertiary/aromatic N) is 2. The normalized spacial score (nSPS) is 10.7. The van der Waals surface area contributed by atoms with E-state index in [1.165, 1.54) is 11.6 Å². The summed E-state index contributed by atoms with van der Waals surface area (Å²) in [6, 6.07) is 21.1. The number of likely N-dealkylation sites (N-methyl/N-ethyl adjacent to an activating group) is 1. The van der Waals surface area contributed by atoms with E-state index < -0.39 is 5.97 Å². The average molecular weight is 445 g/mol. The van der Waals surface area contributed by atoms with E-state index in [4.69, 9.17) is 9.47 Å². The summed E-state index contributed by atoms with van der Waals surface area (Å²) >= 11 is 0. The van der Waals surface area contributed by atoms with Crippen LogP contribution in [0.1, 0.15) is 29.3 Å². The maximum absolute atomic E-state index is 12.3. The summed E-state index contributed by atoms with van der Waals surface area (Å²) in [5.74, 6) is -0.122. The van der Waals surface area contributed by atoms with Crippen LogP contribution >= 0.6 is 0 Å². The third-order valence-corrected chi connectivity index (χ3v) is 5.02. The molecule has 170 valence electrons. The minimum atomic E-state index is -0.570. The Balaban J connectivity index is 1.41. The molecule has 0 aliphatic carbocycles. The maximum Gasteiger partial charge on any atom is 0.331 e. The van der Waals surface area contributed by atoms with Crippen molar-refractivity contribution in [2.45, 2.75) is 26.5 Å². The number of esters is 1. The molecular weight excluding hydrogens is 416 g/mol. The van der Waals surface area contributed by atoms with E-state index in [1.807, 2.05) is 54.6 Å². The van der Waals surface area contributed by atoms with Crippen molar-refractivity contribution >= 4 is 18.0 Å². The fourth-order valence-electron chi connectivity index (χ4n) is 3.01. The molecule has 0 spiro atoms. The summed E-state index contributed by atoms with van der Waals surface area (Å²) in [6.07, 6.45) is 5.64. The summed E-state index contributed by atoms with van der Waals surface area (Å²) in [7, 11) is 1.69. The molecule has 33 heavy (non-hydrogen) atoms. The molecule has 0 radical (unpaired) electrons. The minimum Gasteiger partial charge on any atom is -0.487 e. The highest BCUT2D eigenvalue weighted by atomic mass is 16.5. The van der Waals surface area contributed by atoms with Crippen molar-refractivity contribution in [2.75, 3.05) is 13.7 Å². The van der Waals surface area contributed by atoms with Crippen LogP contribution in [0.2, 0.25) is 0 Å². The quantitative estimate of drug-likeness (QED) is 0.342. The van der Waals surface area contributed by atoms with Crippen LogP contribution in [0.3, 0.4) is 0 Å². The molecule has 0 unspecified atom stereocenters. The van der Waals surface area contributed by atoms with Crippen molar-refractivity contribution in [3.05, 3.63) is 101 Å². The van der Waals surface area contributed by atoms with E-state index in [2.05, 4.69) is 24.0 Å². The van der Waals surface area contributed by atoms with Crippen molar-refractivity contribution in [3.63, 3.8) is 0 Å². The molecule has 0 atom stereocenters. The van der Waals surface area contributed by atoms with Gasteiger partial charge >= 0.3 is 5.97 Å². The molecule has 1 heterocycles. The first-order valence-corrected chi connectivity index (χ1v) is 10.8. The summed E-state index contributed by atoms with van der Waals surface area (Å²) in [4.78, 5) is 30.0.